The molecule has 0 radical (unpaired) electrons. The van der Waals surface area contributed by atoms with Crippen molar-refractivity contribution in [3.63, 3.8) is 0 Å². The molecule has 0 amide bonds. The fraction of sp³-hybridized carbons (Fsp3) is 0.667. The van der Waals surface area contributed by atoms with Crippen molar-refractivity contribution in [3.05, 3.63) is 21.4 Å². The first-order valence-electron chi connectivity index (χ1n) is 5.67. The van der Waals surface area contributed by atoms with Gasteiger partial charge in [-0.25, -0.2) is 0 Å². The highest BCUT2D eigenvalue weighted by molar-refractivity contribution is 7.12. The molecule has 1 N–H and O–H groups in total. The molecule has 0 bridgehead atoms. The standard InChI is InChI=1S/C12H20N2S/c1-9(2)13-7-11-6-10-8-14(3)5-4-12(10)15-11/h6,9,13H,4-5,7-8H2,1-3H3. The normalized spacial score (nSPS) is 17.1. The molecule has 0 atom stereocenters. The molecule has 0 saturated heterocycles. The summed E-state index contributed by atoms with van der Waals surface area (Å²) in [6.45, 7) is 7.76. The van der Waals surface area contributed by atoms with Crippen molar-refractivity contribution in [2.45, 2.75) is 39.4 Å². The minimum absolute atomic E-state index is 0.576. The molecule has 0 aromatic carbocycles. The molecule has 1 aliphatic heterocycles. The summed E-state index contributed by atoms with van der Waals surface area (Å²) >= 11 is 1.99. The Bertz CT molecular complexity index is 330. The van der Waals surface area contributed by atoms with Gasteiger partial charge in [-0.05, 0) is 25.1 Å². The van der Waals surface area contributed by atoms with E-state index in [-0.39, 0.29) is 0 Å². The Hall–Kier alpha value is -0.380. The lowest BCUT2D eigenvalue weighted by Gasteiger charge is -2.21. The molecule has 2 heterocycles. The summed E-state index contributed by atoms with van der Waals surface area (Å²) in [5.41, 5.74) is 1.55. The highest BCUT2D eigenvalue weighted by Crippen LogP contribution is 2.27. The first kappa shape index (κ1) is 11.1. The molecule has 1 aliphatic rings. The van der Waals surface area contributed by atoms with Crippen molar-refractivity contribution in [3.8, 4) is 0 Å². The van der Waals surface area contributed by atoms with Gasteiger partial charge in [-0.15, -0.1) is 11.3 Å². The van der Waals surface area contributed by atoms with Crippen LogP contribution in [0.15, 0.2) is 6.07 Å². The van der Waals surface area contributed by atoms with Crippen LogP contribution in [0.3, 0.4) is 0 Å². The lowest BCUT2D eigenvalue weighted by Crippen LogP contribution is -2.25. The van der Waals surface area contributed by atoms with E-state index in [1.807, 2.05) is 11.3 Å². The second-order valence-corrected chi connectivity index (χ2v) is 5.91. The molecule has 2 rings (SSSR count). The van der Waals surface area contributed by atoms with Gasteiger partial charge in [0, 0.05) is 35.4 Å². The highest BCUT2D eigenvalue weighted by atomic mass is 32.1. The van der Waals surface area contributed by atoms with Crippen LogP contribution in [-0.4, -0.2) is 24.5 Å². The van der Waals surface area contributed by atoms with Gasteiger partial charge in [0.2, 0.25) is 0 Å². The zero-order valence-electron chi connectivity index (χ0n) is 9.84. The number of hydrogen-bond donors (Lipinski definition) is 1. The van der Waals surface area contributed by atoms with E-state index in [1.165, 1.54) is 17.8 Å². The Morgan fingerprint density at radius 3 is 3.07 bits per heavy atom. The number of fused-ring (bicyclic) bond motifs is 1. The molecule has 1 aromatic heterocycles. The van der Waals surface area contributed by atoms with E-state index in [1.54, 1.807) is 10.4 Å². The van der Waals surface area contributed by atoms with Gasteiger partial charge < -0.3 is 10.2 Å². The Balaban J connectivity index is 2.03. The average Bonchev–Trinajstić information content (AvgIpc) is 2.56. The summed E-state index contributed by atoms with van der Waals surface area (Å²) in [6.07, 6.45) is 1.23. The Morgan fingerprint density at radius 1 is 1.53 bits per heavy atom. The van der Waals surface area contributed by atoms with Crippen LogP contribution < -0.4 is 5.32 Å². The summed E-state index contributed by atoms with van der Waals surface area (Å²) in [5.74, 6) is 0. The second kappa shape index (κ2) is 4.64. The van der Waals surface area contributed by atoms with E-state index in [2.05, 4.69) is 37.2 Å². The maximum Gasteiger partial charge on any atom is 0.0302 e. The zero-order chi connectivity index (χ0) is 10.8. The van der Waals surface area contributed by atoms with E-state index >= 15 is 0 Å². The van der Waals surface area contributed by atoms with Crippen molar-refractivity contribution < 1.29 is 0 Å². The van der Waals surface area contributed by atoms with Crippen LogP contribution in [0.4, 0.5) is 0 Å². The van der Waals surface area contributed by atoms with Crippen molar-refractivity contribution >= 4 is 11.3 Å². The topological polar surface area (TPSA) is 15.3 Å². The SMILES string of the molecule is CC(C)NCc1cc2c(s1)CCN(C)C2. The Morgan fingerprint density at radius 2 is 2.33 bits per heavy atom. The minimum Gasteiger partial charge on any atom is -0.310 e. The zero-order valence-corrected chi connectivity index (χ0v) is 10.7. The number of thiophene rings is 1. The van der Waals surface area contributed by atoms with Crippen LogP contribution in [0.2, 0.25) is 0 Å². The lowest BCUT2D eigenvalue weighted by molar-refractivity contribution is 0.315. The molecule has 0 aliphatic carbocycles. The van der Waals surface area contributed by atoms with E-state index in [0.717, 1.165) is 13.1 Å². The summed E-state index contributed by atoms with van der Waals surface area (Å²) in [5, 5.41) is 3.48. The summed E-state index contributed by atoms with van der Waals surface area (Å²) < 4.78 is 0. The predicted molar refractivity (Wildman–Crippen MR) is 66.3 cm³/mol. The molecule has 2 nitrogen and oxygen atoms in total. The van der Waals surface area contributed by atoms with Crippen LogP contribution in [0.5, 0.6) is 0 Å². The van der Waals surface area contributed by atoms with Gasteiger partial charge in [0.1, 0.15) is 0 Å². The van der Waals surface area contributed by atoms with Crippen LogP contribution in [0, 0.1) is 0 Å². The first-order chi connectivity index (χ1) is 7.15. The summed E-state index contributed by atoms with van der Waals surface area (Å²) in [6, 6.07) is 2.96. The van der Waals surface area contributed by atoms with Crippen LogP contribution in [0.25, 0.3) is 0 Å². The van der Waals surface area contributed by atoms with Crippen LogP contribution in [0.1, 0.15) is 29.2 Å². The van der Waals surface area contributed by atoms with E-state index in [4.69, 9.17) is 0 Å². The van der Waals surface area contributed by atoms with E-state index < -0.39 is 0 Å². The number of likely N-dealkylation sites (N-methyl/N-ethyl adjacent to an activating group) is 1. The van der Waals surface area contributed by atoms with Crippen LogP contribution in [-0.2, 0) is 19.5 Å². The Labute approximate surface area is 96.3 Å². The van der Waals surface area contributed by atoms with Crippen molar-refractivity contribution in [2.75, 3.05) is 13.6 Å². The number of rotatable bonds is 3. The van der Waals surface area contributed by atoms with Crippen LogP contribution >= 0.6 is 11.3 Å². The molecule has 0 spiro atoms. The molecule has 0 unspecified atom stereocenters. The third-order valence-electron chi connectivity index (χ3n) is 2.79. The average molecular weight is 224 g/mol. The molecule has 0 fully saturated rings. The third-order valence-corrected chi connectivity index (χ3v) is 4.03. The maximum atomic E-state index is 3.48. The molecule has 0 saturated carbocycles. The second-order valence-electron chi connectivity index (χ2n) is 4.68. The van der Waals surface area contributed by atoms with Crippen molar-refractivity contribution in [1.29, 1.82) is 0 Å². The number of nitrogens with zero attached hydrogens (tertiary/aromatic N) is 1. The largest absolute Gasteiger partial charge is 0.310 e. The van der Waals surface area contributed by atoms with E-state index in [0.29, 0.717) is 6.04 Å². The predicted octanol–water partition coefficient (Wildman–Crippen LogP) is 2.23. The fourth-order valence-electron chi connectivity index (χ4n) is 1.93. The number of nitrogens with one attached hydrogen (secondary N) is 1. The van der Waals surface area contributed by atoms with Crippen molar-refractivity contribution in [1.82, 2.24) is 10.2 Å². The minimum atomic E-state index is 0.576. The first-order valence-corrected chi connectivity index (χ1v) is 6.49. The van der Waals surface area contributed by atoms with Gasteiger partial charge >= 0.3 is 0 Å². The van der Waals surface area contributed by atoms with Gasteiger partial charge in [-0.3, -0.25) is 0 Å². The molecular formula is C12H20N2S. The highest BCUT2D eigenvalue weighted by Gasteiger charge is 2.16. The molecule has 15 heavy (non-hydrogen) atoms. The van der Waals surface area contributed by atoms with E-state index in [9.17, 15) is 0 Å². The summed E-state index contributed by atoms with van der Waals surface area (Å²) in [4.78, 5) is 5.49. The maximum absolute atomic E-state index is 3.48. The molecule has 3 heteroatoms. The van der Waals surface area contributed by atoms with Gasteiger partial charge in [0.05, 0.1) is 0 Å². The van der Waals surface area contributed by atoms with Gasteiger partial charge in [-0.1, -0.05) is 13.8 Å². The fourth-order valence-corrected chi connectivity index (χ4v) is 3.05. The molecule has 84 valence electrons. The van der Waals surface area contributed by atoms with Gasteiger partial charge in [0.25, 0.3) is 0 Å². The summed E-state index contributed by atoms with van der Waals surface area (Å²) in [7, 11) is 2.20. The molecule has 1 aromatic rings. The monoisotopic (exact) mass is 224 g/mol. The van der Waals surface area contributed by atoms with Gasteiger partial charge in [-0.2, -0.15) is 0 Å². The smallest absolute Gasteiger partial charge is 0.0302 e. The number of hydrogen-bond acceptors (Lipinski definition) is 3. The van der Waals surface area contributed by atoms with Crippen molar-refractivity contribution in [2.24, 2.45) is 0 Å². The lowest BCUT2D eigenvalue weighted by atomic mass is 10.1. The quantitative estimate of drug-likeness (QED) is 0.847. The molecular weight excluding hydrogens is 204 g/mol. The Kier molecular flexibility index (Phi) is 3.44. The third kappa shape index (κ3) is 2.80. The van der Waals surface area contributed by atoms with Gasteiger partial charge in [0.15, 0.2) is 0 Å².